The van der Waals surface area contributed by atoms with Gasteiger partial charge in [-0.2, -0.15) is 0 Å². The molecule has 0 spiro atoms. The summed E-state index contributed by atoms with van der Waals surface area (Å²) in [7, 11) is 2.06. The molecule has 0 aliphatic heterocycles. The van der Waals surface area contributed by atoms with Gasteiger partial charge in [-0.3, -0.25) is 4.90 Å². The van der Waals surface area contributed by atoms with E-state index in [4.69, 9.17) is 10.5 Å². The van der Waals surface area contributed by atoms with Crippen molar-refractivity contribution >= 4 is 6.09 Å². The van der Waals surface area contributed by atoms with Crippen molar-refractivity contribution in [3.05, 3.63) is 35.9 Å². The third-order valence-electron chi connectivity index (χ3n) is 3.76. The van der Waals surface area contributed by atoms with Crippen LogP contribution < -0.4 is 11.1 Å². The van der Waals surface area contributed by atoms with E-state index >= 15 is 0 Å². The van der Waals surface area contributed by atoms with E-state index in [-0.39, 0.29) is 6.04 Å². The Hall–Kier alpha value is -1.59. The molecule has 1 unspecified atom stereocenters. The molecule has 0 aromatic heterocycles. The molecule has 0 heterocycles. The zero-order valence-corrected chi connectivity index (χ0v) is 15.9. The molecular weight excluding hydrogens is 302 g/mol. The molecule has 1 aromatic rings. The smallest absolute Gasteiger partial charge is 0.408 e. The van der Waals surface area contributed by atoms with Gasteiger partial charge in [-0.1, -0.05) is 30.3 Å². The Morgan fingerprint density at radius 3 is 2.29 bits per heavy atom. The Morgan fingerprint density at radius 1 is 1.21 bits per heavy atom. The number of likely N-dealkylation sites (N-methyl/N-ethyl adjacent to an activating group) is 1. The SMILES string of the molecule is CN(Cc1ccccc1)C(CN)CC(C)(C)NC(=O)OC(C)(C)C. The summed E-state index contributed by atoms with van der Waals surface area (Å²) in [5, 5.41) is 2.95. The number of amides is 1. The molecule has 24 heavy (non-hydrogen) atoms. The van der Waals surface area contributed by atoms with Crippen LogP contribution in [0.15, 0.2) is 30.3 Å². The second-order valence-electron chi connectivity index (χ2n) is 8.01. The highest BCUT2D eigenvalue weighted by molar-refractivity contribution is 5.68. The molecular formula is C19H33N3O2. The molecule has 0 saturated heterocycles. The van der Waals surface area contributed by atoms with Gasteiger partial charge in [0.05, 0.1) is 0 Å². The van der Waals surface area contributed by atoms with Crippen LogP contribution in [0.4, 0.5) is 4.79 Å². The van der Waals surface area contributed by atoms with E-state index < -0.39 is 17.2 Å². The number of nitrogens with one attached hydrogen (secondary N) is 1. The predicted octanol–water partition coefficient (Wildman–Crippen LogP) is 3.14. The molecule has 0 bridgehead atoms. The van der Waals surface area contributed by atoms with Crippen LogP contribution in [0.25, 0.3) is 0 Å². The molecule has 3 N–H and O–H groups in total. The standard InChI is InChI=1S/C19H33N3O2/c1-18(2,3)24-17(23)21-19(4,5)12-16(13-20)22(6)14-15-10-8-7-9-11-15/h7-11,16H,12-14,20H2,1-6H3,(H,21,23). The third kappa shape index (κ3) is 7.79. The van der Waals surface area contributed by atoms with Gasteiger partial charge in [-0.05, 0) is 53.7 Å². The molecule has 5 nitrogen and oxygen atoms in total. The van der Waals surface area contributed by atoms with Crippen molar-refractivity contribution in [2.24, 2.45) is 5.73 Å². The average Bonchev–Trinajstić information content (AvgIpc) is 2.43. The summed E-state index contributed by atoms with van der Waals surface area (Å²) < 4.78 is 5.35. The minimum Gasteiger partial charge on any atom is -0.444 e. The van der Waals surface area contributed by atoms with Crippen molar-refractivity contribution in [2.45, 2.75) is 64.8 Å². The molecule has 0 saturated carbocycles. The van der Waals surface area contributed by atoms with Crippen molar-refractivity contribution in [2.75, 3.05) is 13.6 Å². The van der Waals surface area contributed by atoms with E-state index in [0.717, 1.165) is 13.0 Å². The second kappa shape index (κ2) is 8.49. The molecule has 0 fully saturated rings. The van der Waals surface area contributed by atoms with E-state index in [9.17, 15) is 4.79 Å². The van der Waals surface area contributed by atoms with Crippen molar-refractivity contribution in [3.63, 3.8) is 0 Å². The first-order chi connectivity index (χ1) is 11.0. The summed E-state index contributed by atoms with van der Waals surface area (Å²) in [6.07, 6.45) is 0.348. The summed E-state index contributed by atoms with van der Waals surface area (Å²) in [6, 6.07) is 10.5. The normalized spacial score (nSPS) is 13.7. The maximum absolute atomic E-state index is 12.0. The van der Waals surface area contributed by atoms with Crippen molar-refractivity contribution in [3.8, 4) is 0 Å². The number of carbonyl (C=O) groups excluding carboxylic acids is 1. The maximum Gasteiger partial charge on any atom is 0.408 e. The van der Waals surface area contributed by atoms with Gasteiger partial charge in [0.15, 0.2) is 0 Å². The molecule has 0 radical (unpaired) electrons. The van der Waals surface area contributed by atoms with Crippen molar-refractivity contribution in [1.29, 1.82) is 0 Å². The zero-order valence-electron chi connectivity index (χ0n) is 15.9. The fraction of sp³-hybridized carbons (Fsp3) is 0.632. The fourth-order valence-electron chi connectivity index (χ4n) is 2.64. The van der Waals surface area contributed by atoms with Gasteiger partial charge in [0, 0.05) is 24.7 Å². The number of carbonyl (C=O) groups is 1. The molecule has 1 amide bonds. The Labute approximate surface area is 146 Å². The highest BCUT2D eigenvalue weighted by Gasteiger charge is 2.28. The van der Waals surface area contributed by atoms with Crippen LogP contribution in [-0.4, -0.2) is 41.8 Å². The van der Waals surface area contributed by atoms with Crippen molar-refractivity contribution < 1.29 is 9.53 Å². The van der Waals surface area contributed by atoms with Crippen LogP contribution in [0.5, 0.6) is 0 Å². The van der Waals surface area contributed by atoms with Gasteiger partial charge < -0.3 is 15.8 Å². The highest BCUT2D eigenvalue weighted by atomic mass is 16.6. The van der Waals surface area contributed by atoms with Crippen LogP contribution in [0.3, 0.4) is 0 Å². The minimum absolute atomic E-state index is 0.162. The molecule has 136 valence electrons. The van der Waals surface area contributed by atoms with E-state index in [1.54, 1.807) is 0 Å². The second-order valence-corrected chi connectivity index (χ2v) is 8.01. The quantitative estimate of drug-likeness (QED) is 0.803. The Kier molecular flexibility index (Phi) is 7.24. The van der Waals surface area contributed by atoms with Crippen molar-refractivity contribution in [1.82, 2.24) is 10.2 Å². The number of nitrogens with two attached hydrogens (primary N) is 1. The zero-order chi connectivity index (χ0) is 18.4. The Balaban J connectivity index is 2.63. The van der Waals surface area contributed by atoms with E-state index in [1.807, 2.05) is 52.8 Å². The summed E-state index contributed by atoms with van der Waals surface area (Å²) in [4.78, 5) is 14.3. The lowest BCUT2D eigenvalue weighted by molar-refractivity contribution is 0.0450. The fourth-order valence-corrected chi connectivity index (χ4v) is 2.64. The van der Waals surface area contributed by atoms with Crippen LogP contribution >= 0.6 is 0 Å². The minimum atomic E-state index is -0.502. The van der Waals surface area contributed by atoms with Crippen LogP contribution in [-0.2, 0) is 11.3 Å². The van der Waals surface area contributed by atoms with Gasteiger partial charge in [-0.25, -0.2) is 4.79 Å². The summed E-state index contributed by atoms with van der Waals surface area (Å²) >= 11 is 0. The molecule has 1 aromatic carbocycles. The van der Waals surface area contributed by atoms with Crippen LogP contribution in [0.1, 0.15) is 46.6 Å². The maximum atomic E-state index is 12.0. The summed E-state index contributed by atoms with van der Waals surface area (Å²) in [6.45, 7) is 10.9. The average molecular weight is 335 g/mol. The Bertz CT molecular complexity index is 509. The third-order valence-corrected chi connectivity index (χ3v) is 3.76. The monoisotopic (exact) mass is 335 g/mol. The summed E-state index contributed by atoms with van der Waals surface area (Å²) in [5.41, 5.74) is 6.32. The number of rotatable bonds is 7. The van der Waals surface area contributed by atoms with Gasteiger partial charge >= 0.3 is 6.09 Å². The van der Waals surface area contributed by atoms with E-state index in [0.29, 0.717) is 6.54 Å². The van der Waals surface area contributed by atoms with Gasteiger partial charge in [0.25, 0.3) is 0 Å². The lowest BCUT2D eigenvalue weighted by atomic mass is 9.94. The van der Waals surface area contributed by atoms with Gasteiger partial charge in [0.1, 0.15) is 5.60 Å². The lowest BCUT2D eigenvalue weighted by Gasteiger charge is -2.35. The van der Waals surface area contributed by atoms with E-state index in [2.05, 4.69) is 29.4 Å². The lowest BCUT2D eigenvalue weighted by Crippen LogP contribution is -2.51. The van der Waals surface area contributed by atoms with Crippen LogP contribution in [0, 0.1) is 0 Å². The molecule has 0 aliphatic carbocycles. The van der Waals surface area contributed by atoms with Crippen LogP contribution in [0.2, 0.25) is 0 Å². The largest absolute Gasteiger partial charge is 0.444 e. The Morgan fingerprint density at radius 2 is 1.79 bits per heavy atom. The first-order valence-corrected chi connectivity index (χ1v) is 8.48. The number of hydrogen-bond acceptors (Lipinski definition) is 4. The number of benzene rings is 1. The summed E-state index contributed by atoms with van der Waals surface area (Å²) in [5.74, 6) is 0. The first kappa shape index (κ1) is 20.5. The molecule has 0 aliphatic rings. The van der Waals surface area contributed by atoms with Gasteiger partial charge in [0.2, 0.25) is 0 Å². The molecule has 1 rings (SSSR count). The molecule has 1 atom stereocenters. The van der Waals surface area contributed by atoms with Gasteiger partial charge in [-0.15, -0.1) is 0 Å². The number of hydrogen-bond donors (Lipinski definition) is 2. The number of ether oxygens (including phenoxy) is 1. The number of alkyl carbamates (subject to hydrolysis) is 1. The molecule has 5 heteroatoms. The highest BCUT2D eigenvalue weighted by Crippen LogP contribution is 2.18. The predicted molar refractivity (Wildman–Crippen MR) is 98.8 cm³/mol. The topological polar surface area (TPSA) is 67.6 Å². The first-order valence-electron chi connectivity index (χ1n) is 8.48. The number of nitrogens with zero attached hydrogens (tertiary/aromatic N) is 1. The van der Waals surface area contributed by atoms with E-state index in [1.165, 1.54) is 5.56 Å².